The molecule has 0 bridgehead atoms. The second-order valence-electron chi connectivity index (χ2n) is 6.16. The SMILES string of the molecule is CC[C@@H](C)c1ccc(OCC(=O)Nc2ccc(N(C)C)cc2)cc1. The molecule has 1 N–H and O–H groups in total. The van der Waals surface area contributed by atoms with Crippen LogP contribution in [0.15, 0.2) is 48.5 Å². The molecule has 0 aliphatic carbocycles. The highest BCUT2D eigenvalue weighted by molar-refractivity contribution is 5.92. The minimum atomic E-state index is -0.168. The Labute approximate surface area is 144 Å². The Bertz CT molecular complexity index is 648. The zero-order chi connectivity index (χ0) is 17.5. The van der Waals surface area contributed by atoms with Crippen molar-refractivity contribution < 1.29 is 9.53 Å². The normalized spacial score (nSPS) is 11.7. The third kappa shape index (κ3) is 5.01. The van der Waals surface area contributed by atoms with Gasteiger partial charge in [0.1, 0.15) is 5.75 Å². The van der Waals surface area contributed by atoms with Crippen molar-refractivity contribution in [3.8, 4) is 5.75 Å². The molecule has 0 saturated heterocycles. The third-order valence-corrected chi connectivity index (χ3v) is 4.10. The van der Waals surface area contributed by atoms with Crippen LogP contribution in [-0.4, -0.2) is 26.6 Å². The van der Waals surface area contributed by atoms with Crippen LogP contribution in [0.2, 0.25) is 0 Å². The molecule has 0 aliphatic rings. The van der Waals surface area contributed by atoms with Gasteiger partial charge in [0.2, 0.25) is 0 Å². The van der Waals surface area contributed by atoms with E-state index in [1.807, 2.05) is 55.4 Å². The van der Waals surface area contributed by atoms with E-state index in [1.165, 1.54) is 5.56 Å². The minimum Gasteiger partial charge on any atom is -0.484 e. The number of nitrogens with zero attached hydrogens (tertiary/aromatic N) is 1. The standard InChI is InChI=1S/C20H26N2O2/c1-5-15(2)16-6-12-19(13-7-16)24-14-20(23)21-17-8-10-18(11-9-17)22(3)4/h6-13,15H,5,14H2,1-4H3,(H,21,23)/t15-/m1/s1. The van der Waals surface area contributed by atoms with Crippen LogP contribution >= 0.6 is 0 Å². The molecule has 4 nitrogen and oxygen atoms in total. The fraction of sp³-hybridized carbons (Fsp3) is 0.350. The van der Waals surface area contributed by atoms with Crippen LogP contribution in [0.1, 0.15) is 31.7 Å². The first-order valence-corrected chi connectivity index (χ1v) is 8.29. The van der Waals surface area contributed by atoms with Crippen molar-refractivity contribution in [3.63, 3.8) is 0 Å². The predicted molar refractivity (Wildman–Crippen MR) is 100 cm³/mol. The van der Waals surface area contributed by atoms with Crippen LogP contribution in [0.3, 0.4) is 0 Å². The number of nitrogens with one attached hydrogen (secondary N) is 1. The number of hydrogen-bond acceptors (Lipinski definition) is 3. The molecular weight excluding hydrogens is 300 g/mol. The van der Waals surface area contributed by atoms with E-state index in [0.717, 1.165) is 17.8 Å². The monoisotopic (exact) mass is 326 g/mol. The maximum absolute atomic E-state index is 12.0. The van der Waals surface area contributed by atoms with E-state index in [9.17, 15) is 4.79 Å². The van der Waals surface area contributed by atoms with E-state index in [-0.39, 0.29) is 12.5 Å². The molecule has 0 aromatic heterocycles. The first kappa shape index (κ1) is 17.9. The van der Waals surface area contributed by atoms with Gasteiger partial charge in [-0.2, -0.15) is 0 Å². The van der Waals surface area contributed by atoms with Crippen LogP contribution in [0.4, 0.5) is 11.4 Å². The highest BCUT2D eigenvalue weighted by Gasteiger charge is 2.06. The summed E-state index contributed by atoms with van der Waals surface area (Å²) in [5, 5.41) is 2.83. The Hall–Kier alpha value is -2.49. The van der Waals surface area contributed by atoms with Gasteiger partial charge in [0, 0.05) is 25.5 Å². The molecular formula is C20H26N2O2. The average Bonchev–Trinajstić information content (AvgIpc) is 2.60. The summed E-state index contributed by atoms with van der Waals surface area (Å²) in [6.45, 7) is 4.37. The molecule has 0 heterocycles. The molecule has 0 saturated carbocycles. The molecule has 1 atom stereocenters. The van der Waals surface area contributed by atoms with Gasteiger partial charge in [0.15, 0.2) is 6.61 Å². The maximum Gasteiger partial charge on any atom is 0.262 e. The Morgan fingerprint density at radius 2 is 1.71 bits per heavy atom. The molecule has 2 aromatic carbocycles. The fourth-order valence-corrected chi connectivity index (χ4v) is 2.32. The van der Waals surface area contributed by atoms with Gasteiger partial charge in [-0.05, 0) is 54.3 Å². The molecule has 4 heteroatoms. The van der Waals surface area contributed by atoms with Crippen molar-refractivity contribution in [2.24, 2.45) is 0 Å². The zero-order valence-electron chi connectivity index (χ0n) is 14.9. The van der Waals surface area contributed by atoms with Crippen LogP contribution in [0.25, 0.3) is 0 Å². The lowest BCUT2D eigenvalue weighted by Crippen LogP contribution is -2.20. The molecule has 2 aromatic rings. The summed E-state index contributed by atoms with van der Waals surface area (Å²) < 4.78 is 5.55. The van der Waals surface area contributed by atoms with Crippen molar-refractivity contribution >= 4 is 17.3 Å². The van der Waals surface area contributed by atoms with Gasteiger partial charge in [-0.3, -0.25) is 4.79 Å². The summed E-state index contributed by atoms with van der Waals surface area (Å²) in [4.78, 5) is 14.0. The molecule has 2 rings (SSSR count). The van der Waals surface area contributed by atoms with Crippen molar-refractivity contribution in [3.05, 3.63) is 54.1 Å². The van der Waals surface area contributed by atoms with Crippen molar-refractivity contribution in [2.45, 2.75) is 26.2 Å². The zero-order valence-corrected chi connectivity index (χ0v) is 14.9. The Morgan fingerprint density at radius 1 is 1.08 bits per heavy atom. The smallest absolute Gasteiger partial charge is 0.262 e. The lowest BCUT2D eigenvalue weighted by molar-refractivity contribution is -0.118. The van der Waals surface area contributed by atoms with Crippen LogP contribution in [0, 0.1) is 0 Å². The number of ether oxygens (including phenoxy) is 1. The van der Waals surface area contributed by atoms with Crippen molar-refractivity contribution in [2.75, 3.05) is 30.9 Å². The summed E-state index contributed by atoms with van der Waals surface area (Å²) >= 11 is 0. The molecule has 128 valence electrons. The van der Waals surface area contributed by atoms with Crippen molar-refractivity contribution in [1.82, 2.24) is 0 Å². The number of hydrogen-bond donors (Lipinski definition) is 1. The largest absolute Gasteiger partial charge is 0.484 e. The molecule has 0 aliphatic heterocycles. The Kier molecular flexibility index (Phi) is 6.24. The first-order valence-electron chi connectivity index (χ1n) is 8.29. The van der Waals surface area contributed by atoms with E-state index in [1.54, 1.807) is 0 Å². The van der Waals surface area contributed by atoms with E-state index in [4.69, 9.17) is 4.74 Å². The first-order chi connectivity index (χ1) is 11.5. The fourth-order valence-electron chi connectivity index (χ4n) is 2.32. The van der Waals surface area contributed by atoms with E-state index >= 15 is 0 Å². The van der Waals surface area contributed by atoms with Gasteiger partial charge in [-0.1, -0.05) is 26.0 Å². The molecule has 0 unspecified atom stereocenters. The number of benzene rings is 2. The van der Waals surface area contributed by atoms with Crippen LogP contribution in [-0.2, 0) is 4.79 Å². The third-order valence-electron chi connectivity index (χ3n) is 4.10. The second kappa shape index (κ2) is 8.39. The number of carbonyl (C=O) groups is 1. The summed E-state index contributed by atoms with van der Waals surface area (Å²) in [7, 11) is 3.96. The quantitative estimate of drug-likeness (QED) is 0.825. The van der Waals surface area contributed by atoms with Crippen molar-refractivity contribution in [1.29, 1.82) is 0 Å². The Balaban J connectivity index is 1.84. The van der Waals surface area contributed by atoms with Gasteiger partial charge in [-0.15, -0.1) is 0 Å². The summed E-state index contributed by atoms with van der Waals surface area (Å²) in [5.41, 5.74) is 3.14. The Morgan fingerprint density at radius 3 is 2.25 bits per heavy atom. The van der Waals surface area contributed by atoms with Crippen LogP contribution in [0.5, 0.6) is 5.75 Å². The molecule has 0 radical (unpaired) electrons. The maximum atomic E-state index is 12.0. The lowest BCUT2D eigenvalue weighted by Gasteiger charge is -2.13. The topological polar surface area (TPSA) is 41.6 Å². The van der Waals surface area contributed by atoms with Gasteiger partial charge in [-0.25, -0.2) is 0 Å². The number of carbonyl (C=O) groups excluding carboxylic acids is 1. The number of amides is 1. The van der Waals surface area contributed by atoms with Gasteiger partial charge in [0.05, 0.1) is 0 Å². The number of rotatable bonds is 7. The summed E-state index contributed by atoms with van der Waals surface area (Å²) in [5.74, 6) is 1.08. The molecule has 24 heavy (non-hydrogen) atoms. The molecule has 0 fully saturated rings. The molecule has 0 spiro atoms. The van der Waals surface area contributed by atoms with Gasteiger partial charge < -0.3 is 15.0 Å². The lowest BCUT2D eigenvalue weighted by atomic mass is 9.99. The van der Waals surface area contributed by atoms with Gasteiger partial charge in [0.25, 0.3) is 5.91 Å². The highest BCUT2D eigenvalue weighted by atomic mass is 16.5. The van der Waals surface area contributed by atoms with Crippen LogP contribution < -0.4 is 15.0 Å². The predicted octanol–water partition coefficient (Wildman–Crippen LogP) is 4.28. The summed E-state index contributed by atoms with van der Waals surface area (Å²) in [6, 6.07) is 15.6. The van der Waals surface area contributed by atoms with E-state index < -0.39 is 0 Å². The highest BCUT2D eigenvalue weighted by Crippen LogP contribution is 2.21. The van der Waals surface area contributed by atoms with E-state index in [2.05, 4.69) is 31.3 Å². The summed E-state index contributed by atoms with van der Waals surface area (Å²) in [6.07, 6.45) is 1.11. The second-order valence-corrected chi connectivity index (χ2v) is 6.16. The van der Waals surface area contributed by atoms with E-state index in [0.29, 0.717) is 11.7 Å². The minimum absolute atomic E-state index is 0.00188. The molecule has 1 amide bonds. The average molecular weight is 326 g/mol. The number of anilines is 2. The van der Waals surface area contributed by atoms with Gasteiger partial charge >= 0.3 is 0 Å².